The standard InChI is InChI=1S/C13H16O3/c1-16-13(15)7-4-10-8-11(14)5-6-12(10)9-2-3-9/h5-6,8-9,14H,2-4,7H2,1H3. The molecule has 0 saturated heterocycles. The van der Waals surface area contributed by atoms with Gasteiger partial charge in [0.15, 0.2) is 0 Å². The number of phenols is 1. The molecular formula is C13H16O3. The number of ether oxygens (including phenoxy) is 1. The molecule has 0 heterocycles. The van der Waals surface area contributed by atoms with Crippen LogP contribution in [0, 0.1) is 0 Å². The van der Waals surface area contributed by atoms with Crippen LogP contribution in [0.5, 0.6) is 5.75 Å². The summed E-state index contributed by atoms with van der Waals surface area (Å²) in [5.74, 6) is 0.697. The predicted octanol–water partition coefficient (Wildman–Crippen LogP) is 2.38. The average Bonchev–Trinajstić information content (AvgIpc) is 3.10. The van der Waals surface area contributed by atoms with Crippen LogP contribution in [0.25, 0.3) is 0 Å². The molecule has 1 N–H and O–H groups in total. The van der Waals surface area contributed by atoms with E-state index in [1.54, 1.807) is 12.1 Å². The normalized spacial score (nSPS) is 14.8. The van der Waals surface area contributed by atoms with E-state index in [0.29, 0.717) is 18.8 Å². The molecule has 0 spiro atoms. The van der Waals surface area contributed by atoms with Gasteiger partial charge in [0.25, 0.3) is 0 Å². The highest BCUT2D eigenvalue weighted by atomic mass is 16.5. The Balaban J connectivity index is 2.11. The summed E-state index contributed by atoms with van der Waals surface area (Å²) in [4.78, 5) is 11.1. The lowest BCUT2D eigenvalue weighted by Crippen LogP contribution is -2.03. The molecule has 1 aromatic rings. The fraction of sp³-hybridized carbons (Fsp3) is 0.462. The molecule has 0 unspecified atom stereocenters. The van der Waals surface area contributed by atoms with Gasteiger partial charge in [-0.3, -0.25) is 4.79 Å². The van der Waals surface area contributed by atoms with Gasteiger partial charge in [-0.1, -0.05) is 6.07 Å². The van der Waals surface area contributed by atoms with E-state index >= 15 is 0 Å². The molecule has 0 bridgehead atoms. The Hall–Kier alpha value is -1.51. The van der Waals surface area contributed by atoms with Crippen molar-refractivity contribution >= 4 is 5.97 Å². The minimum atomic E-state index is -0.204. The zero-order valence-electron chi connectivity index (χ0n) is 9.40. The van der Waals surface area contributed by atoms with E-state index in [4.69, 9.17) is 0 Å². The van der Waals surface area contributed by atoms with Crippen LogP contribution in [0.2, 0.25) is 0 Å². The van der Waals surface area contributed by atoms with Crippen LogP contribution in [0.4, 0.5) is 0 Å². The molecule has 1 aliphatic rings. The first-order valence-corrected chi connectivity index (χ1v) is 5.59. The van der Waals surface area contributed by atoms with Crippen molar-refractivity contribution in [3.63, 3.8) is 0 Å². The highest BCUT2D eigenvalue weighted by Crippen LogP contribution is 2.42. The van der Waals surface area contributed by atoms with Crippen molar-refractivity contribution in [3.05, 3.63) is 29.3 Å². The number of aryl methyl sites for hydroxylation is 1. The summed E-state index contributed by atoms with van der Waals surface area (Å²) in [6.45, 7) is 0. The number of esters is 1. The van der Waals surface area contributed by atoms with Crippen LogP contribution >= 0.6 is 0 Å². The molecule has 1 aliphatic carbocycles. The van der Waals surface area contributed by atoms with Gasteiger partial charge >= 0.3 is 5.97 Å². The monoisotopic (exact) mass is 220 g/mol. The van der Waals surface area contributed by atoms with Gasteiger partial charge < -0.3 is 9.84 Å². The third kappa shape index (κ3) is 2.54. The third-order valence-corrected chi connectivity index (χ3v) is 2.97. The molecule has 3 nitrogen and oxygen atoms in total. The predicted molar refractivity (Wildman–Crippen MR) is 60.4 cm³/mol. The quantitative estimate of drug-likeness (QED) is 0.792. The van der Waals surface area contributed by atoms with Crippen LogP contribution in [0.1, 0.15) is 36.3 Å². The second kappa shape index (κ2) is 4.56. The van der Waals surface area contributed by atoms with Crippen molar-refractivity contribution in [2.45, 2.75) is 31.6 Å². The van der Waals surface area contributed by atoms with Crippen molar-refractivity contribution in [2.24, 2.45) is 0 Å². The molecule has 2 rings (SSSR count). The number of aromatic hydroxyl groups is 1. The summed E-state index contributed by atoms with van der Waals surface area (Å²) in [6.07, 6.45) is 3.46. The molecule has 0 atom stereocenters. The van der Waals surface area contributed by atoms with Gasteiger partial charge in [-0.2, -0.15) is 0 Å². The Bertz CT molecular complexity index is 394. The fourth-order valence-corrected chi connectivity index (χ4v) is 1.94. The number of methoxy groups -OCH3 is 1. The zero-order valence-corrected chi connectivity index (χ0v) is 9.40. The van der Waals surface area contributed by atoms with E-state index in [1.807, 2.05) is 6.07 Å². The first-order valence-electron chi connectivity index (χ1n) is 5.59. The van der Waals surface area contributed by atoms with Gasteiger partial charge in [-0.05, 0) is 48.4 Å². The first kappa shape index (κ1) is 11.0. The van der Waals surface area contributed by atoms with Crippen LogP contribution in [-0.4, -0.2) is 18.2 Å². The van der Waals surface area contributed by atoms with Gasteiger partial charge in [0.2, 0.25) is 0 Å². The second-order valence-electron chi connectivity index (χ2n) is 4.23. The summed E-state index contributed by atoms with van der Waals surface area (Å²) in [7, 11) is 1.40. The van der Waals surface area contributed by atoms with E-state index in [0.717, 1.165) is 5.56 Å². The first-order chi connectivity index (χ1) is 7.70. The Kier molecular flexibility index (Phi) is 3.13. The van der Waals surface area contributed by atoms with Crippen molar-refractivity contribution in [1.29, 1.82) is 0 Å². The molecule has 86 valence electrons. The summed E-state index contributed by atoms with van der Waals surface area (Å²) >= 11 is 0. The summed E-state index contributed by atoms with van der Waals surface area (Å²) in [5.41, 5.74) is 2.36. The molecule has 1 saturated carbocycles. The van der Waals surface area contributed by atoms with Gasteiger partial charge in [0.05, 0.1) is 7.11 Å². The van der Waals surface area contributed by atoms with Gasteiger partial charge in [-0.15, -0.1) is 0 Å². The number of hydrogen-bond donors (Lipinski definition) is 1. The van der Waals surface area contributed by atoms with E-state index < -0.39 is 0 Å². The largest absolute Gasteiger partial charge is 0.508 e. The number of carbonyl (C=O) groups excluding carboxylic acids is 1. The molecule has 3 heteroatoms. The van der Waals surface area contributed by atoms with Crippen LogP contribution in [0.3, 0.4) is 0 Å². The topological polar surface area (TPSA) is 46.5 Å². The lowest BCUT2D eigenvalue weighted by atomic mass is 9.99. The van der Waals surface area contributed by atoms with Crippen molar-refractivity contribution < 1.29 is 14.6 Å². The van der Waals surface area contributed by atoms with Crippen molar-refractivity contribution in [3.8, 4) is 5.75 Å². The van der Waals surface area contributed by atoms with E-state index in [-0.39, 0.29) is 11.7 Å². The Morgan fingerprint density at radius 2 is 2.25 bits per heavy atom. The van der Waals surface area contributed by atoms with Gasteiger partial charge in [-0.25, -0.2) is 0 Å². The minimum Gasteiger partial charge on any atom is -0.508 e. The molecule has 1 fully saturated rings. The number of carbonyl (C=O) groups is 1. The minimum absolute atomic E-state index is 0.204. The number of hydrogen-bond acceptors (Lipinski definition) is 3. The maximum atomic E-state index is 11.1. The van der Waals surface area contributed by atoms with Crippen LogP contribution < -0.4 is 0 Å². The lowest BCUT2D eigenvalue weighted by molar-refractivity contribution is -0.140. The number of phenolic OH excluding ortho intramolecular Hbond substituents is 1. The third-order valence-electron chi connectivity index (χ3n) is 2.97. The lowest BCUT2D eigenvalue weighted by Gasteiger charge is -2.08. The molecule has 1 aromatic carbocycles. The second-order valence-corrected chi connectivity index (χ2v) is 4.23. The van der Waals surface area contributed by atoms with E-state index in [9.17, 15) is 9.90 Å². The molecular weight excluding hydrogens is 204 g/mol. The van der Waals surface area contributed by atoms with Gasteiger partial charge in [0, 0.05) is 6.42 Å². The Morgan fingerprint density at radius 3 is 2.88 bits per heavy atom. The van der Waals surface area contributed by atoms with Crippen LogP contribution in [-0.2, 0) is 16.0 Å². The smallest absolute Gasteiger partial charge is 0.305 e. The zero-order chi connectivity index (χ0) is 11.5. The molecule has 0 amide bonds. The van der Waals surface area contributed by atoms with E-state index in [1.165, 1.54) is 25.5 Å². The molecule has 0 aromatic heterocycles. The number of rotatable bonds is 4. The number of benzene rings is 1. The van der Waals surface area contributed by atoms with Crippen LogP contribution in [0.15, 0.2) is 18.2 Å². The molecule has 0 radical (unpaired) electrons. The Morgan fingerprint density at radius 1 is 1.50 bits per heavy atom. The molecule has 0 aliphatic heterocycles. The van der Waals surface area contributed by atoms with E-state index in [2.05, 4.69) is 4.74 Å². The SMILES string of the molecule is COC(=O)CCc1cc(O)ccc1C1CC1. The summed E-state index contributed by atoms with van der Waals surface area (Å²) in [5, 5.41) is 9.45. The maximum Gasteiger partial charge on any atom is 0.305 e. The van der Waals surface area contributed by atoms with Crippen molar-refractivity contribution in [1.82, 2.24) is 0 Å². The molecule has 16 heavy (non-hydrogen) atoms. The van der Waals surface area contributed by atoms with Gasteiger partial charge in [0.1, 0.15) is 5.75 Å². The summed E-state index contributed by atoms with van der Waals surface area (Å²) in [6, 6.07) is 5.45. The van der Waals surface area contributed by atoms with Crippen molar-refractivity contribution in [2.75, 3.05) is 7.11 Å². The Labute approximate surface area is 95.0 Å². The fourth-order valence-electron chi connectivity index (χ4n) is 1.94. The maximum absolute atomic E-state index is 11.1. The highest BCUT2D eigenvalue weighted by molar-refractivity contribution is 5.69. The highest BCUT2D eigenvalue weighted by Gasteiger charge is 2.26. The summed E-state index contributed by atoms with van der Waals surface area (Å²) < 4.78 is 4.62. The average molecular weight is 220 g/mol.